The monoisotopic (exact) mass is 335 g/mol. The van der Waals surface area contributed by atoms with Gasteiger partial charge in [0, 0.05) is 16.8 Å². The van der Waals surface area contributed by atoms with Crippen molar-refractivity contribution in [3.63, 3.8) is 0 Å². The molecule has 0 bridgehead atoms. The number of para-hydroxylation sites is 1. The molecule has 0 spiro atoms. The molecule has 0 N–H and O–H groups in total. The molecule has 2 aromatic rings. The molecule has 1 aliphatic carbocycles. The van der Waals surface area contributed by atoms with Crippen molar-refractivity contribution in [1.82, 2.24) is 5.16 Å². The van der Waals surface area contributed by atoms with E-state index in [1.165, 1.54) is 18.4 Å². The van der Waals surface area contributed by atoms with Crippen LogP contribution in [-0.2, 0) is 11.9 Å². The third-order valence-electron chi connectivity index (χ3n) is 3.74. The van der Waals surface area contributed by atoms with Gasteiger partial charge in [-0.05, 0) is 37.8 Å². The fraction of sp³-hybridized carbons (Fsp3) is 0.438. The lowest BCUT2D eigenvalue weighted by molar-refractivity contribution is 0.283. The number of ether oxygens (including phenoxy) is 1. The Morgan fingerprint density at radius 2 is 2.00 bits per heavy atom. The summed E-state index contributed by atoms with van der Waals surface area (Å²) in [7, 11) is 0. The lowest BCUT2D eigenvalue weighted by atomic mass is 10.1. The molecular formula is C16H18BrNO2. The maximum Gasteiger partial charge on any atom is 0.144 e. The number of aryl methyl sites for hydroxylation is 2. The van der Waals surface area contributed by atoms with Crippen LogP contribution in [0.1, 0.15) is 46.9 Å². The number of alkyl halides is 1. The second-order valence-corrected chi connectivity index (χ2v) is 5.95. The molecule has 0 radical (unpaired) electrons. The number of rotatable bonds is 5. The predicted molar refractivity (Wildman–Crippen MR) is 81.4 cm³/mol. The first-order valence-electron chi connectivity index (χ1n) is 6.93. The lowest BCUT2D eigenvalue weighted by Crippen LogP contribution is -2.01. The summed E-state index contributed by atoms with van der Waals surface area (Å²) in [6.45, 7) is 4.58. The number of benzene rings is 1. The van der Waals surface area contributed by atoms with E-state index >= 15 is 0 Å². The fourth-order valence-electron chi connectivity index (χ4n) is 2.45. The zero-order chi connectivity index (χ0) is 14.1. The predicted octanol–water partition coefficient (Wildman–Crippen LogP) is 4.64. The molecule has 1 fully saturated rings. The highest BCUT2D eigenvalue weighted by Gasteiger charge is 2.31. The van der Waals surface area contributed by atoms with E-state index < -0.39 is 0 Å². The maximum atomic E-state index is 5.97. The third kappa shape index (κ3) is 2.62. The first-order chi connectivity index (χ1) is 9.70. The molecule has 3 rings (SSSR count). The average molecular weight is 336 g/mol. The van der Waals surface area contributed by atoms with Gasteiger partial charge in [-0.25, -0.2) is 0 Å². The van der Waals surface area contributed by atoms with Gasteiger partial charge < -0.3 is 9.26 Å². The molecule has 1 aromatic carbocycles. The molecule has 0 aliphatic heterocycles. The highest BCUT2D eigenvalue weighted by Crippen LogP contribution is 2.43. The molecule has 1 heterocycles. The minimum Gasteiger partial charge on any atom is -0.487 e. The molecule has 3 nitrogen and oxygen atoms in total. The standard InChI is InChI=1S/C16H18BrNO2/c1-10-4-3-5-11(2)15(10)19-9-14-13(8-17)16(20-18-14)12-6-7-12/h3-5,12H,6-9H2,1-2H3. The molecule has 0 saturated heterocycles. The Morgan fingerprint density at radius 3 is 2.60 bits per heavy atom. The van der Waals surface area contributed by atoms with E-state index in [9.17, 15) is 0 Å². The van der Waals surface area contributed by atoms with Crippen molar-refractivity contribution in [2.75, 3.05) is 0 Å². The second-order valence-electron chi connectivity index (χ2n) is 5.39. The number of hydrogen-bond acceptors (Lipinski definition) is 3. The van der Waals surface area contributed by atoms with Gasteiger partial charge in [-0.1, -0.05) is 39.3 Å². The topological polar surface area (TPSA) is 35.3 Å². The smallest absolute Gasteiger partial charge is 0.144 e. The van der Waals surface area contributed by atoms with Gasteiger partial charge in [0.15, 0.2) is 0 Å². The van der Waals surface area contributed by atoms with Crippen LogP contribution in [0.4, 0.5) is 0 Å². The van der Waals surface area contributed by atoms with Crippen LogP contribution in [0.15, 0.2) is 22.7 Å². The fourth-order valence-corrected chi connectivity index (χ4v) is 3.05. The summed E-state index contributed by atoms with van der Waals surface area (Å²) in [6, 6.07) is 6.17. The van der Waals surface area contributed by atoms with Crippen LogP contribution in [0, 0.1) is 13.8 Å². The summed E-state index contributed by atoms with van der Waals surface area (Å²) in [5.41, 5.74) is 4.37. The Morgan fingerprint density at radius 1 is 1.30 bits per heavy atom. The minimum absolute atomic E-state index is 0.461. The van der Waals surface area contributed by atoms with Crippen molar-refractivity contribution < 1.29 is 9.26 Å². The van der Waals surface area contributed by atoms with Crippen molar-refractivity contribution in [3.05, 3.63) is 46.3 Å². The third-order valence-corrected chi connectivity index (χ3v) is 4.30. The SMILES string of the molecule is Cc1cccc(C)c1OCc1noc(C2CC2)c1CBr. The average Bonchev–Trinajstić information content (AvgIpc) is 3.19. The van der Waals surface area contributed by atoms with E-state index in [0.29, 0.717) is 12.5 Å². The van der Waals surface area contributed by atoms with Crippen LogP contribution >= 0.6 is 15.9 Å². The molecule has 0 unspecified atom stereocenters. The quantitative estimate of drug-likeness (QED) is 0.746. The number of aromatic nitrogens is 1. The van der Waals surface area contributed by atoms with Gasteiger partial charge in [-0.3, -0.25) is 0 Å². The molecule has 1 aliphatic rings. The van der Waals surface area contributed by atoms with Crippen LogP contribution in [0.3, 0.4) is 0 Å². The zero-order valence-electron chi connectivity index (χ0n) is 11.8. The molecule has 20 heavy (non-hydrogen) atoms. The first-order valence-corrected chi connectivity index (χ1v) is 8.05. The Bertz CT molecular complexity index is 597. The van der Waals surface area contributed by atoms with Gasteiger partial charge >= 0.3 is 0 Å². The van der Waals surface area contributed by atoms with Gasteiger partial charge in [-0.2, -0.15) is 0 Å². The van der Waals surface area contributed by atoms with E-state index in [1.54, 1.807) is 0 Å². The Labute approximate surface area is 127 Å². The van der Waals surface area contributed by atoms with Crippen LogP contribution in [0.2, 0.25) is 0 Å². The number of halogens is 1. The van der Waals surface area contributed by atoms with Crippen molar-refractivity contribution in [1.29, 1.82) is 0 Å². The molecule has 1 aromatic heterocycles. The minimum atomic E-state index is 0.461. The van der Waals surface area contributed by atoms with Gasteiger partial charge in [-0.15, -0.1) is 0 Å². The Hall–Kier alpha value is -1.29. The number of hydrogen-bond donors (Lipinski definition) is 0. The van der Waals surface area contributed by atoms with Crippen LogP contribution in [-0.4, -0.2) is 5.16 Å². The van der Waals surface area contributed by atoms with E-state index in [-0.39, 0.29) is 0 Å². The molecule has 0 atom stereocenters. The van der Waals surface area contributed by atoms with Crippen LogP contribution in [0.25, 0.3) is 0 Å². The molecule has 4 heteroatoms. The lowest BCUT2D eigenvalue weighted by Gasteiger charge is -2.11. The first kappa shape index (κ1) is 13.7. The van der Waals surface area contributed by atoms with E-state index in [1.807, 2.05) is 6.07 Å². The van der Waals surface area contributed by atoms with Crippen molar-refractivity contribution >= 4 is 15.9 Å². The van der Waals surface area contributed by atoms with Gasteiger partial charge in [0.2, 0.25) is 0 Å². The van der Waals surface area contributed by atoms with Crippen molar-refractivity contribution in [2.45, 2.75) is 44.5 Å². The van der Waals surface area contributed by atoms with E-state index in [2.05, 4.69) is 47.1 Å². The van der Waals surface area contributed by atoms with E-state index in [4.69, 9.17) is 9.26 Å². The summed E-state index contributed by atoms with van der Waals surface area (Å²) in [5.74, 6) is 2.56. The highest BCUT2D eigenvalue weighted by atomic mass is 79.9. The number of nitrogens with zero attached hydrogens (tertiary/aromatic N) is 1. The summed E-state index contributed by atoms with van der Waals surface area (Å²) in [4.78, 5) is 0. The highest BCUT2D eigenvalue weighted by molar-refractivity contribution is 9.08. The molecule has 106 valence electrons. The second kappa shape index (κ2) is 5.60. The van der Waals surface area contributed by atoms with Crippen molar-refractivity contribution in [3.8, 4) is 5.75 Å². The summed E-state index contributed by atoms with van der Waals surface area (Å²) >= 11 is 3.53. The summed E-state index contributed by atoms with van der Waals surface area (Å²) in [5, 5.41) is 4.96. The summed E-state index contributed by atoms with van der Waals surface area (Å²) < 4.78 is 11.5. The van der Waals surface area contributed by atoms with Crippen LogP contribution in [0.5, 0.6) is 5.75 Å². The summed E-state index contributed by atoms with van der Waals surface area (Å²) in [6.07, 6.45) is 2.43. The molecule has 0 amide bonds. The van der Waals surface area contributed by atoms with Gasteiger partial charge in [0.25, 0.3) is 0 Å². The molecular weight excluding hydrogens is 318 g/mol. The largest absolute Gasteiger partial charge is 0.487 e. The normalized spacial score (nSPS) is 14.6. The Kier molecular flexibility index (Phi) is 3.83. The van der Waals surface area contributed by atoms with Crippen molar-refractivity contribution in [2.24, 2.45) is 0 Å². The maximum absolute atomic E-state index is 5.97. The Balaban J connectivity index is 1.78. The van der Waals surface area contributed by atoms with Gasteiger partial charge in [0.05, 0.1) is 0 Å². The molecule has 1 saturated carbocycles. The zero-order valence-corrected chi connectivity index (χ0v) is 13.4. The van der Waals surface area contributed by atoms with Crippen LogP contribution < -0.4 is 4.74 Å². The van der Waals surface area contributed by atoms with E-state index in [0.717, 1.165) is 33.7 Å². The van der Waals surface area contributed by atoms with Gasteiger partial charge in [0.1, 0.15) is 23.8 Å².